The van der Waals surface area contributed by atoms with Crippen LogP contribution in [0.1, 0.15) is 31.9 Å². The number of hydrogen-bond donors (Lipinski definition) is 0. The molecule has 0 aliphatic carbocycles. The summed E-state index contributed by atoms with van der Waals surface area (Å²) < 4.78 is 32.1. The van der Waals surface area contributed by atoms with E-state index in [1.165, 1.54) is 0 Å². The van der Waals surface area contributed by atoms with Gasteiger partial charge in [-0.05, 0) is 0 Å². The molecule has 1 unspecified atom stereocenters. The van der Waals surface area contributed by atoms with Crippen molar-refractivity contribution in [1.82, 2.24) is 0 Å². The first-order chi connectivity index (χ1) is 11.4. The van der Waals surface area contributed by atoms with E-state index in [0.717, 1.165) is 11.1 Å². The van der Waals surface area contributed by atoms with Gasteiger partial charge in [-0.1, -0.05) is 0 Å². The van der Waals surface area contributed by atoms with Crippen LogP contribution in [0.2, 0.25) is 0 Å². The van der Waals surface area contributed by atoms with Gasteiger partial charge in [-0.25, -0.2) is 0 Å². The summed E-state index contributed by atoms with van der Waals surface area (Å²) in [7, 11) is -4.08. The van der Waals surface area contributed by atoms with Gasteiger partial charge in [-0.2, -0.15) is 0 Å². The molecule has 1 saturated heterocycles. The van der Waals surface area contributed by atoms with Crippen molar-refractivity contribution in [3.8, 4) is 11.5 Å². The molecule has 1 fully saturated rings. The summed E-state index contributed by atoms with van der Waals surface area (Å²) in [5, 5.41) is -0.952. The first kappa shape index (κ1) is 14.7. The van der Waals surface area contributed by atoms with Crippen LogP contribution in [0.4, 0.5) is 0 Å². The second kappa shape index (κ2) is 4.12. The Hall–Kier alpha value is -1.65. The second-order valence-corrected chi connectivity index (χ2v) is 9.81. The molecule has 2 aromatic rings. The minimum absolute atomic E-state index is 0.392. The molecule has 3 aliphatic rings. The predicted molar refractivity (Wildman–Crippen MR) is 89.6 cm³/mol. The Labute approximate surface area is 140 Å². The van der Waals surface area contributed by atoms with E-state index < -0.39 is 18.6 Å². The van der Waals surface area contributed by atoms with Crippen LogP contribution in [0.15, 0.2) is 48.5 Å². The zero-order chi connectivity index (χ0) is 16.7. The van der Waals surface area contributed by atoms with Crippen molar-refractivity contribution >= 4 is 7.51 Å². The van der Waals surface area contributed by atoms with Crippen LogP contribution < -0.4 is 9.05 Å². The third kappa shape index (κ3) is 1.38. The molecule has 3 heterocycles. The summed E-state index contributed by atoms with van der Waals surface area (Å²) in [5.41, 5.74) is 1.74. The summed E-state index contributed by atoms with van der Waals surface area (Å²) >= 11 is 0. The summed E-state index contributed by atoms with van der Waals surface area (Å²) in [6.07, 6.45) is 0. The van der Waals surface area contributed by atoms with Gasteiger partial charge in [0, 0.05) is 0 Å². The van der Waals surface area contributed by atoms with E-state index in [2.05, 4.69) is 0 Å². The molecule has 2 atom stereocenters. The molecule has 126 valence electrons. The van der Waals surface area contributed by atoms with E-state index in [1.807, 2.05) is 69.3 Å². The molecule has 0 N–H and O–H groups in total. The molecule has 1 spiro atoms. The molecular weight excluding hydrogens is 327 g/mol. The van der Waals surface area contributed by atoms with Gasteiger partial charge in [0.25, 0.3) is 0 Å². The van der Waals surface area contributed by atoms with E-state index in [9.17, 15) is 0 Å². The Morgan fingerprint density at radius 2 is 1.50 bits per heavy atom. The van der Waals surface area contributed by atoms with E-state index in [1.54, 1.807) is 0 Å². The van der Waals surface area contributed by atoms with Crippen LogP contribution in [0, 0.1) is 0 Å². The van der Waals surface area contributed by atoms with Crippen molar-refractivity contribution in [2.75, 3.05) is 6.61 Å². The van der Waals surface area contributed by atoms with E-state index in [-0.39, 0.29) is 0 Å². The van der Waals surface area contributed by atoms with Crippen LogP contribution in [0.25, 0.3) is 0 Å². The summed E-state index contributed by atoms with van der Waals surface area (Å²) in [4.78, 5) is 0. The zero-order valence-electron chi connectivity index (χ0n) is 13.8. The van der Waals surface area contributed by atoms with Gasteiger partial charge in [0.1, 0.15) is 0 Å². The predicted octanol–water partition coefficient (Wildman–Crippen LogP) is 4.81. The van der Waals surface area contributed by atoms with Gasteiger partial charge in [0.2, 0.25) is 0 Å². The molecule has 6 heteroatoms. The van der Waals surface area contributed by atoms with Crippen molar-refractivity contribution in [2.24, 2.45) is 0 Å². The van der Waals surface area contributed by atoms with Crippen LogP contribution in [-0.2, 0) is 24.9 Å². The molecule has 5 nitrogen and oxygen atoms in total. The molecule has 2 aromatic carbocycles. The van der Waals surface area contributed by atoms with Crippen molar-refractivity contribution in [1.29, 1.82) is 0 Å². The fourth-order valence-electron chi connectivity index (χ4n) is 4.06. The summed E-state index contributed by atoms with van der Waals surface area (Å²) in [5.74, 6) is 0.394. The Balaban J connectivity index is 1.84. The molecule has 24 heavy (non-hydrogen) atoms. The Bertz CT molecular complexity index is 872. The van der Waals surface area contributed by atoms with Gasteiger partial charge in [0.15, 0.2) is 0 Å². The molecule has 0 radical (unpaired) electrons. The van der Waals surface area contributed by atoms with Gasteiger partial charge < -0.3 is 0 Å². The van der Waals surface area contributed by atoms with Gasteiger partial charge in [-0.3, -0.25) is 0 Å². The zero-order valence-corrected chi connectivity index (χ0v) is 14.7. The topological polar surface area (TPSA) is 46.2 Å². The minimum atomic E-state index is -4.08. The summed E-state index contributed by atoms with van der Waals surface area (Å²) in [6, 6.07) is 15.5. The van der Waals surface area contributed by atoms with Crippen molar-refractivity contribution in [3.63, 3.8) is 0 Å². The molecule has 3 aliphatic heterocycles. The van der Waals surface area contributed by atoms with Gasteiger partial charge >= 0.3 is 140 Å². The van der Waals surface area contributed by atoms with Crippen LogP contribution in [0.5, 0.6) is 11.5 Å². The number of ether oxygens (including phenoxy) is 1. The molecule has 0 saturated carbocycles. The first-order valence-corrected chi connectivity index (χ1v) is 10.0. The maximum atomic E-state index is 6.54. The molecule has 0 amide bonds. The third-order valence-electron chi connectivity index (χ3n) is 5.05. The Morgan fingerprint density at radius 3 is 2.17 bits per heavy atom. The number of para-hydroxylation sites is 2. The van der Waals surface area contributed by atoms with Crippen molar-refractivity contribution in [2.45, 2.75) is 31.9 Å². The SMILES string of the molecule is CCOP123Oc4ccccc4C(C)(O[C@]1(C)c1ccccc1O2)O3. The van der Waals surface area contributed by atoms with Crippen LogP contribution in [-0.4, -0.2) is 6.61 Å². The monoisotopic (exact) mass is 346 g/mol. The number of benzene rings is 2. The van der Waals surface area contributed by atoms with Crippen LogP contribution >= 0.6 is 7.51 Å². The van der Waals surface area contributed by atoms with Gasteiger partial charge in [0.05, 0.1) is 0 Å². The average molecular weight is 346 g/mol. The van der Waals surface area contributed by atoms with E-state index in [4.69, 9.17) is 22.8 Å². The van der Waals surface area contributed by atoms with E-state index in [0.29, 0.717) is 18.1 Å². The quantitative estimate of drug-likeness (QED) is 0.730. The molecule has 0 aromatic heterocycles. The Kier molecular flexibility index (Phi) is 2.52. The summed E-state index contributed by atoms with van der Waals surface area (Å²) in [6.45, 7) is 6.15. The van der Waals surface area contributed by atoms with Crippen molar-refractivity contribution in [3.05, 3.63) is 59.7 Å². The molecular formula is C18H19O5P. The van der Waals surface area contributed by atoms with Crippen LogP contribution in [0.3, 0.4) is 0 Å². The van der Waals surface area contributed by atoms with E-state index >= 15 is 0 Å². The molecule has 5 rings (SSSR count). The first-order valence-electron chi connectivity index (χ1n) is 8.13. The fourth-order valence-corrected chi connectivity index (χ4v) is 8.18. The average Bonchev–Trinajstić information content (AvgIpc) is 2.83. The number of hydrogen-bond acceptors (Lipinski definition) is 5. The van der Waals surface area contributed by atoms with Gasteiger partial charge in [-0.15, -0.1) is 0 Å². The standard InChI is InChI=1S/C18H19O5P/c1-4-19-24-18(3,14-10-6-8-12-16(14)21-24)22-17(2,23-24)13-9-5-7-11-15(13)20-24/h5-12H,4H2,1-3H3/t17?,18-/m0/s1. The molecule has 2 bridgehead atoms. The maximum absolute atomic E-state index is 6.54. The normalized spacial score (nSPS) is 34.7. The Morgan fingerprint density at radius 1 is 0.917 bits per heavy atom. The fraction of sp³-hybridized carbons (Fsp3) is 0.333. The third-order valence-corrected chi connectivity index (χ3v) is 9.16. The number of rotatable bonds is 2. The number of fused-ring (bicyclic) bond motifs is 5. The second-order valence-electron chi connectivity index (χ2n) is 6.53. The van der Waals surface area contributed by atoms with Crippen molar-refractivity contribution < 1.29 is 22.8 Å².